The largest absolute Gasteiger partial charge is 0.490 e. The Kier molecular flexibility index (Phi) is 4.00. The maximum absolute atomic E-state index is 13.4. The minimum absolute atomic E-state index is 0.0121. The van der Waals surface area contributed by atoms with Crippen molar-refractivity contribution in [3.05, 3.63) is 29.6 Å². The summed E-state index contributed by atoms with van der Waals surface area (Å²) in [5.41, 5.74) is -0.0121. The number of nitrogens with zero attached hydrogens (tertiary/aromatic N) is 1. The summed E-state index contributed by atoms with van der Waals surface area (Å²) < 4.78 is 19.0. The molecule has 0 unspecified atom stereocenters. The van der Waals surface area contributed by atoms with Gasteiger partial charge in [0.1, 0.15) is 17.6 Å². The minimum atomic E-state index is -0.761. The molecule has 0 aromatic heterocycles. The number of carboxylic acid groups (broad SMARTS) is 1. The second-order valence-electron chi connectivity index (χ2n) is 4.68. The summed E-state index contributed by atoms with van der Waals surface area (Å²) in [7, 11) is 0. The van der Waals surface area contributed by atoms with E-state index in [-0.39, 0.29) is 17.6 Å². The lowest BCUT2D eigenvalue weighted by molar-refractivity contribution is -0.143. The van der Waals surface area contributed by atoms with E-state index >= 15 is 0 Å². The van der Waals surface area contributed by atoms with Crippen LogP contribution in [0.15, 0.2) is 18.2 Å². The summed E-state index contributed by atoms with van der Waals surface area (Å²) in [4.78, 5) is 10.8. The number of hydrogen-bond donors (Lipinski definition) is 1. The highest BCUT2D eigenvalue weighted by molar-refractivity contribution is 5.70. The summed E-state index contributed by atoms with van der Waals surface area (Å²) in [6.45, 7) is 0. The molecule has 1 aliphatic rings. The van der Waals surface area contributed by atoms with E-state index < -0.39 is 11.8 Å². The molecule has 1 saturated carbocycles. The van der Waals surface area contributed by atoms with Crippen LogP contribution in [0.4, 0.5) is 4.39 Å². The molecule has 1 aromatic rings. The van der Waals surface area contributed by atoms with Crippen LogP contribution in [0.2, 0.25) is 0 Å². The third-order valence-electron chi connectivity index (χ3n) is 3.39. The van der Waals surface area contributed by atoms with Gasteiger partial charge in [0.15, 0.2) is 0 Å². The fourth-order valence-corrected chi connectivity index (χ4v) is 2.28. The average Bonchev–Trinajstić information content (AvgIpc) is 2.39. The highest BCUT2D eigenvalue weighted by Crippen LogP contribution is 2.28. The first-order valence-corrected chi connectivity index (χ1v) is 6.19. The van der Waals surface area contributed by atoms with E-state index in [1.807, 2.05) is 0 Å². The molecule has 1 fully saturated rings. The van der Waals surface area contributed by atoms with Crippen LogP contribution >= 0.6 is 0 Å². The predicted molar refractivity (Wildman–Crippen MR) is 65.1 cm³/mol. The lowest BCUT2D eigenvalue weighted by Crippen LogP contribution is -2.27. The number of hydrogen-bond acceptors (Lipinski definition) is 3. The van der Waals surface area contributed by atoms with E-state index in [1.165, 1.54) is 12.1 Å². The number of carboxylic acids is 1. The number of benzene rings is 1. The third-order valence-corrected chi connectivity index (χ3v) is 3.39. The smallest absolute Gasteiger partial charge is 0.306 e. The standard InChI is InChI=1S/C14H14FNO3/c15-13-7-12(6-3-10(13)8-16)19-11-4-1-9(2-5-11)14(17)18/h3,6-7,9,11H,1-2,4-5H2,(H,17,18)/t9-,11-. The third kappa shape index (κ3) is 3.22. The van der Waals surface area contributed by atoms with Gasteiger partial charge in [0, 0.05) is 6.07 Å². The van der Waals surface area contributed by atoms with E-state index in [4.69, 9.17) is 15.1 Å². The highest BCUT2D eigenvalue weighted by atomic mass is 19.1. The molecule has 4 nitrogen and oxygen atoms in total. The van der Waals surface area contributed by atoms with Crippen molar-refractivity contribution in [3.63, 3.8) is 0 Å². The number of aliphatic carboxylic acids is 1. The number of halogens is 1. The van der Waals surface area contributed by atoms with Crippen LogP contribution in [0.25, 0.3) is 0 Å². The van der Waals surface area contributed by atoms with E-state index in [1.54, 1.807) is 12.1 Å². The van der Waals surface area contributed by atoms with E-state index in [9.17, 15) is 9.18 Å². The van der Waals surface area contributed by atoms with Crippen molar-refractivity contribution < 1.29 is 19.0 Å². The first-order chi connectivity index (χ1) is 9.10. The molecule has 0 bridgehead atoms. The quantitative estimate of drug-likeness (QED) is 0.910. The molecule has 1 aromatic carbocycles. The van der Waals surface area contributed by atoms with Crippen LogP contribution in [0.3, 0.4) is 0 Å². The molecule has 0 spiro atoms. The van der Waals surface area contributed by atoms with Gasteiger partial charge < -0.3 is 9.84 Å². The number of rotatable bonds is 3. The number of nitriles is 1. The van der Waals surface area contributed by atoms with Gasteiger partial charge in [-0.2, -0.15) is 5.26 Å². The zero-order chi connectivity index (χ0) is 13.8. The Bertz CT molecular complexity index is 516. The molecule has 0 heterocycles. The molecule has 1 aliphatic carbocycles. The van der Waals surface area contributed by atoms with Gasteiger partial charge in [0.2, 0.25) is 0 Å². The molecule has 100 valence electrons. The Morgan fingerprint density at radius 2 is 2.05 bits per heavy atom. The molecular weight excluding hydrogens is 249 g/mol. The summed E-state index contributed by atoms with van der Waals surface area (Å²) in [6.07, 6.45) is 2.39. The SMILES string of the molecule is N#Cc1ccc(O[C@H]2CC[C@H](C(=O)O)CC2)cc1F. The van der Waals surface area contributed by atoms with Gasteiger partial charge in [0.05, 0.1) is 17.6 Å². The second kappa shape index (κ2) is 5.70. The predicted octanol–water partition coefficient (Wildman–Crippen LogP) is 2.72. The Hall–Kier alpha value is -2.09. The van der Waals surface area contributed by atoms with Crippen LogP contribution in [-0.4, -0.2) is 17.2 Å². The molecule has 0 amide bonds. The van der Waals surface area contributed by atoms with Crippen molar-refractivity contribution in [1.82, 2.24) is 0 Å². The van der Waals surface area contributed by atoms with Crippen LogP contribution in [-0.2, 0) is 4.79 Å². The summed E-state index contributed by atoms with van der Waals surface area (Å²) in [5, 5.41) is 17.5. The fraction of sp³-hybridized carbons (Fsp3) is 0.429. The summed E-state index contributed by atoms with van der Waals surface area (Å²) in [6, 6.07) is 5.89. The normalized spacial score (nSPS) is 22.5. The molecule has 19 heavy (non-hydrogen) atoms. The van der Waals surface area contributed by atoms with E-state index in [2.05, 4.69) is 0 Å². The average molecular weight is 263 g/mol. The van der Waals surface area contributed by atoms with Gasteiger partial charge in [0.25, 0.3) is 0 Å². The van der Waals surface area contributed by atoms with Crippen molar-refractivity contribution in [2.24, 2.45) is 5.92 Å². The maximum atomic E-state index is 13.4. The molecule has 0 saturated heterocycles. The van der Waals surface area contributed by atoms with E-state index in [0.29, 0.717) is 31.4 Å². The lowest BCUT2D eigenvalue weighted by Gasteiger charge is -2.26. The Balaban J connectivity index is 1.94. The van der Waals surface area contributed by atoms with Crippen LogP contribution in [0.1, 0.15) is 31.2 Å². The first-order valence-electron chi connectivity index (χ1n) is 6.19. The van der Waals surface area contributed by atoms with E-state index in [0.717, 1.165) is 0 Å². The molecular formula is C14H14FNO3. The number of ether oxygens (including phenoxy) is 1. The topological polar surface area (TPSA) is 70.3 Å². The number of carbonyl (C=O) groups is 1. The van der Waals surface area contributed by atoms with Gasteiger partial charge in [-0.05, 0) is 37.8 Å². The van der Waals surface area contributed by atoms with Crippen LogP contribution < -0.4 is 4.74 Å². The molecule has 0 radical (unpaired) electrons. The summed E-state index contributed by atoms with van der Waals surface area (Å²) in [5.74, 6) is -1.27. The van der Waals surface area contributed by atoms with Crippen molar-refractivity contribution in [1.29, 1.82) is 5.26 Å². The monoisotopic (exact) mass is 263 g/mol. The Morgan fingerprint density at radius 3 is 2.58 bits per heavy atom. The van der Waals surface area contributed by atoms with Crippen LogP contribution in [0, 0.1) is 23.1 Å². The van der Waals surface area contributed by atoms with Crippen molar-refractivity contribution >= 4 is 5.97 Å². The van der Waals surface area contributed by atoms with Gasteiger partial charge in [-0.25, -0.2) is 4.39 Å². The fourth-order valence-electron chi connectivity index (χ4n) is 2.28. The van der Waals surface area contributed by atoms with Gasteiger partial charge in [-0.3, -0.25) is 4.79 Å². The second-order valence-corrected chi connectivity index (χ2v) is 4.68. The summed E-state index contributed by atoms with van der Waals surface area (Å²) >= 11 is 0. The van der Waals surface area contributed by atoms with Gasteiger partial charge in [-0.15, -0.1) is 0 Å². The Morgan fingerprint density at radius 1 is 1.37 bits per heavy atom. The maximum Gasteiger partial charge on any atom is 0.306 e. The molecule has 0 aliphatic heterocycles. The van der Waals surface area contributed by atoms with Gasteiger partial charge in [-0.1, -0.05) is 0 Å². The Labute approximate surface area is 110 Å². The molecule has 5 heteroatoms. The minimum Gasteiger partial charge on any atom is -0.490 e. The lowest BCUT2D eigenvalue weighted by atomic mass is 9.87. The van der Waals surface area contributed by atoms with Crippen molar-refractivity contribution in [2.45, 2.75) is 31.8 Å². The van der Waals surface area contributed by atoms with Crippen molar-refractivity contribution in [3.8, 4) is 11.8 Å². The first kappa shape index (κ1) is 13.3. The zero-order valence-corrected chi connectivity index (χ0v) is 10.3. The van der Waals surface area contributed by atoms with Crippen LogP contribution in [0.5, 0.6) is 5.75 Å². The zero-order valence-electron chi connectivity index (χ0n) is 10.3. The molecule has 2 rings (SSSR count). The van der Waals surface area contributed by atoms with Crippen molar-refractivity contribution in [2.75, 3.05) is 0 Å². The highest BCUT2D eigenvalue weighted by Gasteiger charge is 2.26. The van der Waals surface area contributed by atoms with Gasteiger partial charge >= 0.3 is 5.97 Å². The molecule has 1 N–H and O–H groups in total. The molecule has 0 atom stereocenters.